The van der Waals surface area contributed by atoms with Crippen molar-refractivity contribution in [2.24, 2.45) is 0 Å². The second kappa shape index (κ2) is 10.4. The smallest absolute Gasteiger partial charge is 0.311 e. The van der Waals surface area contributed by atoms with Gasteiger partial charge in [-0.1, -0.05) is 6.07 Å². The number of rotatable bonds is 11. The first-order valence-corrected chi connectivity index (χ1v) is 8.83. The molecule has 2 aromatic rings. The van der Waals surface area contributed by atoms with E-state index in [9.17, 15) is 10.1 Å². The fourth-order valence-electron chi connectivity index (χ4n) is 2.79. The number of methoxy groups -OCH3 is 3. The highest BCUT2D eigenvalue weighted by Gasteiger charge is 2.15. The fraction of sp³-hybridized carbons (Fsp3) is 0.400. The summed E-state index contributed by atoms with van der Waals surface area (Å²) in [6.45, 7) is 2.10. The summed E-state index contributed by atoms with van der Waals surface area (Å²) in [5.74, 6) is 2.16. The lowest BCUT2D eigenvalue weighted by atomic mass is 10.2. The van der Waals surface area contributed by atoms with E-state index in [1.165, 1.54) is 19.2 Å². The SMILES string of the molecule is COc1ccc(CN(C)CCCOc2ccc([N+](=O)[O-])c(OC)c2)cc1OC. The first-order valence-electron chi connectivity index (χ1n) is 8.83. The Morgan fingerprint density at radius 3 is 2.32 bits per heavy atom. The maximum absolute atomic E-state index is 10.9. The van der Waals surface area contributed by atoms with Gasteiger partial charge in [0.15, 0.2) is 11.5 Å². The van der Waals surface area contributed by atoms with Crippen molar-refractivity contribution >= 4 is 5.69 Å². The molecule has 0 saturated heterocycles. The van der Waals surface area contributed by atoms with Crippen LogP contribution < -0.4 is 18.9 Å². The average Bonchev–Trinajstić information content (AvgIpc) is 2.70. The lowest BCUT2D eigenvalue weighted by Crippen LogP contribution is -2.20. The summed E-state index contributed by atoms with van der Waals surface area (Å²) in [5, 5.41) is 10.9. The van der Waals surface area contributed by atoms with Crippen LogP contribution in [0.25, 0.3) is 0 Å². The summed E-state index contributed by atoms with van der Waals surface area (Å²) in [6.07, 6.45) is 0.809. The fourth-order valence-corrected chi connectivity index (χ4v) is 2.79. The van der Waals surface area contributed by atoms with Crippen molar-refractivity contribution in [1.29, 1.82) is 0 Å². The molecule has 2 aromatic carbocycles. The van der Waals surface area contributed by atoms with Gasteiger partial charge in [-0.2, -0.15) is 0 Å². The first-order chi connectivity index (χ1) is 13.5. The van der Waals surface area contributed by atoms with Crippen molar-refractivity contribution < 1.29 is 23.9 Å². The number of hydrogen-bond donors (Lipinski definition) is 0. The normalized spacial score (nSPS) is 10.6. The van der Waals surface area contributed by atoms with E-state index >= 15 is 0 Å². The van der Waals surface area contributed by atoms with Crippen molar-refractivity contribution in [3.05, 3.63) is 52.1 Å². The minimum Gasteiger partial charge on any atom is -0.493 e. The molecule has 0 amide bonds. The van der Waals surface area contributed by atoms with Crippen LogP contribution in [-0.2, 0) is 6.54 Å². The number of nitrogens with zero attached hydrogens (tertiary/aromatic N) is 2. The average molecular weight is 390 g/mol. The highest BCUT2D eigenvalue weighted by molar-refractivity contribution is 5.50. The summed E-state index contributed by atoms with van der Waals surface area (Å²) in [7, 11) is 6.67. The maximum atomic E-state index is 10.9. The van der Waals surface area contributed by atoms with Crippen molar-refractivity contribution in [3.8, 4) is 23.0 Å². The second-order valence-electron chi connectivity index (χ2n) is 6.22. The van der Waals surface area contributed by atoms with E-state index in [2.05, 4.69) is 4.90 Å². The highest BCUT2D eigenvalue weighted by Crippen LogP contribution is 2.31. The van der Waals surface area contributed by atoms with Crippen LogP contribution >= 0.6 is 0 Å². The van der Waals surface area contributed by atoms with Crippen LogP contribution in [0.2, 0.25) is 0 Å². The van der Waals surface area contributed by atoms with Gasteiger partial charge in [0, 0.05) is 25.2 Å². The van der Waals surface area contributed by atoms with E-state index in [4.69, 9.17) is 18.9 Å². The predicted molar refractivity (Wildman–Crippen MR) is 106 cm³/mol. The van der Waals surface area contributed by atoms with Crippen LogP contribution in [0.15, 0.2) is 36.4 Å². The molecule has 0 fully saturated rings. The zero-order valence-corrected chi connectivity index (χ0v) is 16.6. The van der Waals surface area contributed by atoms with Gasteiger partial charge >= 0.3 is 5.69 Å². The predicted octanol–water partition coefficient (Wildman–Crippen LogP) is 3.52. The quantitative estimate of drug-likeness (QED) is 0.330. The third-order valence-corrected chi connectivity index (χ3v) is 4.20. The van der Waals surface area contributed by atoms with Gasteiger partial charge in [-0.15, -0.1) is 0 Å². The Kier molecular flexibility index (Phi) is 7.88. The largest absolute Gasteiger partial charge is 0.493 e. The monoisotopic (exact) mass is 390 g/mol. The van der Waals surface area contributed by atoms with Crippen LogP contribution in [0.5, 0.6) is 23.0 Å². The zero-order valence-electron chi connectivity index (χ0n) is 16.6. The molecule has 8 heteroatoms. The Balaban J connectivity index is 1.81. The number of benzene rings is 2. The van der Waals surface area contributed by atoms with Crippen molar-refractivity contribution in [1.82, 2.24) is 4.90 Å². The Bertz CT molecular complexity index is 796. The number of nitro groups is 1. The molecule has 8 nitrogen and oxygen atoms in total. The zero-order chi connectivity index (χ0) is 20.5. The summed E-state index contributed by atoms with van der Waals surface area (Å²) < 4.78 is 21.3. The van der Waals surface area contributed by atoms with E-state index in [1.54, 1.807) is 20.3 Å². The standard InChI is InChI=1S/C20H26N2O6/c1-21(14-15-6-9-18(25-2)20(12-15)27-4)10-5-11-28-16-7-8-17(22(23)24)19(13-16)26-3/h6-9,12-13H,5,10-11,14H2,1-4H3. The Hall–Kier alpha value is -3.00. The minimum absolute atomic E-state index is 0.0792. The van der Waals surface area contributed by atoms with Crippen LogP contribution in [0.3, 0.4) is 0 Å². The van der Waals surface area contributed by atoms with Gasteiger partial charge in [0.1, 0.15) is 5.75 Å². The van der Waals surface area contributed by atoms with Gasteiger partial charge in [-0.25, -0.2) is 0 Å². The van der Waals surface area contributed by atoms with E-state index in [-0.39, 0.29) is 11.4 Å². The number of hydrogen-bond acceptors (Lipinski definition) is 7. The molecule has 0 atom stereocenters. The molecule has 0 aromatic heterocycles. The van der Waals surface area contributed by atoms with Gasteiger partial charge in [-0.3, -0.25) is 10.1 Å². The van der Waals surface area contributed by atoms with E-state index < -0.39 is 4.92 Å². The molecule has 0 spiro atoms. The first kappa shape index (κ1) is 21.3. The molecule has 0 aliphatic carbocycles. The molecule has 0 heterocycles. The molecule has 0 unspecified atom stereocenters. The molecule has 0 aliphatic rings. The molecular formula is C20H26N2O6. The van der Waals surface area contributed by atoms with Crippen LogP contribution in [0.4, 0.5) is 5.69 Å². The van der Waals surface area contributed by atoms with Crippen LogP contribution in [-0.4, -0.2) is 51.4 Å². The molecule has 0 aliphatic heterocycles. The molecular weight excluding hydrogens is 364 g/mol. The third-order valence-electron chi connectivity index (χ3n) is 4.20. The van der Waals surface area contributed by atoms with Crippen molar-refractivity contribution in [2.75, 3.05) is 41.5 Å². The van der Waals surface area contributed by atoms with Gasteiger partial charge in [0.05, 0.1) is 32.9 Å². The molecule has 152 valence electrons. The van der Waals surface area contributed by atoms with E-state index in [0.717, 1.165) is 25.1 Å². The Morgan fingerprint density at radius 2 is 1.68 bits per heavy atom. The second-order valence-corrected chi connectivity index (χ2v) is 6.22. The number of nitro benzene ring substituents is 1. The molecule has 0 bridgehead atoms. The van der Waals surface area contributed by atoms with E-state index in [1.807, 2.05) is 25.2 Å². The van der Waals surface area contributed by atoms with Crippen molar-refractivity contribution in [3.63, 3.8) is 0 Å². The van der Waals surface area contributed by atoms with Gasteiger partial charge < -0.3 is 23.8 Å². The summed E-state index contributed by atoms with van der Waals surface area (Å²) in [5.41, 5.74) is 1.05. The highest BCUT2D eigenvalue weighted by atomic mass is 16.6. The molecule has 0 radical (unpaired) electrons. The minimum atomic E-state index is -0.480. The van der Waals surface area contributed by atoms with Crippen LogP contribution in [0.1, 0.15) is 12.0 Å². The Labute approximate surface area is 164 Å². The summed E-state index contributed by atoms with van der Waals surface area (Å²) in [4.78, 5) is 12.6. The lowest BCUT2D eigenvalue weighted by Gasteiger charge is -2.18. The molecule has 2 rings (SSSR count). The van der Waals surface area contributed by atoms with E-state index in [0.29, 0.717) is 23.9 Å². The summed E-state index contributed by atoms with van der Waals surface area (Å²) >= 11 is 0. The Morgan fingerprint density at radius 1 is 0.964 bits per heavy atom. The van der Waals surface area contributed by atoms with Gasteiger partial charge in [-0.05, 0) is 37.2 Å². The van der Waals surface area contributed by atoms with Gasteiger partial charge in [0.25, 0.3) is 0 Å². The third kappa shape index (κ3) is 5.75. The maximum Gasteiger partial charge on any atom is 0.311 e. The molecule has 0 N–H and O–H groups in total. The summed E-state index contributed by atoms with van der Waals surface area (Å²) in [6, 6.07) is 10.4. The van der Waals surface area contributed by atoms with Crippen molar-refractivity contribution in [2.45, 2.75) is 13.0 Å². The molecule has 28 heavy (non-hydrogen) atoms. The number of ether oxygens (including phenoxy) is 4. The lowest BCUT2D eigenvalue weighted by molar-refractivity contribution is -0.385. The van der Waals surface area contributed by atoms with Crippen LogP contribution in [0, 0.1) is 10.1 Å². The van der Waals surface area contributed by atoms with Gasteiger partial charge in [0.2, 0.25) is 5.75 Å². The molecule has 0 saturated carbocycles. The topological polar surface area (TPSA) is 83.3 Å².